The average Bonchev–Trinajstić information content (AvgIpc) is 3.07. The van der Waals surface area contributed by atoms with Crippen molar-refractivity contribution >= 4 is 51.1 Å². The Morgan fingerprint density at radius 1 is 1.35 bits per heavy atom. The number of fused-ring (bicyclic) bond motifs is 2. The molecule has 0 saturated heterocycles. The van der Waals surface area contributed by atoms with E-state index >= 15 is 0 Å². The van der Waals surface area contributed by atoms with Crippen molar-refractivity contribution in [3.8, 4) is 0 Å². The number of nitrogens with zero attached hydrogens (tertiary/aromatic N) is 2. The second kappa shape index (κ2) is 4.19. The summed E-state index contributed by atoms with van der Waals surface area (Å²) in [6.07, 6.45) is 3.68. The lowest BCUT2D eigenvalue weighted by atomic mass is 10.1. The Labute approximate surface area is 123 Å². The van der Waals surface area contributed by atoms with Crippen molar-refractivity contribution in [2.45, 2.75) is 0 Å². The lowest BCUT2D eigenvalue weighted by Gasteiger charge is -1.97. The minimum absolute atomic E-state index is 0.118. The van der Waals surface area contributed by atoms with Gasteiger partial charge in [-0.3, -0.25) is 9.20 Å². The molecule has 0 bridgehead atoms. The van der Waals surface area contributed by atoms with Crippen LogP contribution in [0.1, 0.15) is 11.3 Å². The zero-order valence-corrected chi connectivity index (χ0v) is 11.7. The summed E-state index contributed by atoms with van der Waals surface area (Å²) < 4.78 is 1.88. The second-order valence-corrected chi connectivity index (χ2v) is 5.63. The van der Waals surface area contributed by atoms with E-state index < -0.39 is 0 Å². The smallest absolute Gasteiger partial charge is 0.256 e. The second-order valence-electron chi connectivity index (χ2n) is 4.40. The van der Waals surface area contributed by atoms with Crippen molar-refractivity contribution in [2.24, 2.45) is 0 Å². The molecule has 0 unspecified atom stereocenters. The molecule has 3 heterocycles. The highest BCUT2D eigenvalue weighted by molar-refractivity contribution is 7.15. The van der Waals surface area contributed by atoms with Crippen LogP contribution in [0.2, 0.25) is 5.15 Å². The molecule has 1 aliphatic rings. The van der Waals surface area contributed by atoms with Crippen LogP contribution >= 0.6 is 22.9 Å². The van der Waals surface area contributed by atoms with Gasteiger partial charge < -0.3 is 5.32 Å². The standard InChI is InChI=1S/C14H8ClN3OS/c15-12-11(18-5-6-20-14(18)17-12)7-9-8-3-1-2-4-10(8)16-13(9)19/h1-7H,(H,16,19)/b9-7+. The van der Waals surface area contributed by atoms with Crippen molar-refractivity contribution in [1.82, 2.24) is 9.38 Å². The largest absolute Gasteiger partial charge is 0.321 e. The summed E-state index contributed by atoms with van der Waals surface area (Å²) in [5.41, 5.74) is 3.05. The summed E-state index contributed by atoms with van der Waals surface area (Å²) >= 11 is 7.66. The highest BCUT2D eigenvalue weighted by atomic mass is 35.5. The van der Waals surface area contributed by atoms with Crippen LogP contribution in [-0.2, 0) is 4.79 Å². The number of hydrogen-bond acceptors (Lipinski definition) is 3. The molecule has 0 spiro atoms. The van der Waals surface area contributed by atoms with Gasteiger partial charge in [-0.2, -0.15) is 0 Å². The van der Waals surface area contributed by atoms with Gasteiger partial charge in [-0.15, -0.1) is 11.3 Å². The van der Waals surface area contributed by atoms with Gasteiger partial charge in [0.1, 0.15) is 0 Å². The Morgan fingerprint density at radius 3 is 3.10 bits per heavy atom. The number of amides is 1. The molecular formula is C14H8ClN3OS. The van der Waals surface area contributed by atoms with Gasteiger partial charge in [-0.25, -0.2) is 4.98 Å². The highest BCUT2D eigenvalue weighted by Gasteiger charge is 2.24. The number of carbonyl (C=O) groups is 1. The third kappa shape index (κ3) is 1.60. The maximum Gasteiger partial charge on any atom is 0.256 e. The van der Waals surface area contributed by atoms with Crippen LogP contribution in [0.5, 0.6) is 0 Å². The van der Waals surface area contributed by atoms with Crippen molar-refractivity contribution < 1.29 is 4.79 Å². The molecule has 0 radical (unpaired) electrons. The molecule has 0 aliphatic carbocycles. The van der Waals surface area contributed by atoms with Gasteiger partial charge in [0.05, 0.1) is 11.3 Å². The van der Waals surface area contributed by atoms with E-state index in [1.54, 1.807) is 6.08 Å². The number of imidazole rings is 1. The van der Waals surface area contributed by atoms with E-state index in [4.69, 9.17) is 11.6 Å². The van der Waals surface area contributed by atoms with Crippen LogP contribution < -0.4 is 5.32 Å². The number of anilines is 1. The van der Waals surface area contributed by atoms with Crippen LogP contribution in [0.3, 0.4) is 0 Å². The van der Waals surface area contributed by atoms with Crippen molar-refractivity contribution in [3.05, 3.63) is 52.3 Å². The maximum absolute atomic E-state index is 12.1. The average molecular weight is 302 g/mol. The summed E-state index contributed by atoms with van der Waals surface area (Å²) in [6, 6.07) is 7.60. The first kappa shape index (κ1) is 11.7. The van der Waals surface area contributed by atoms with E-state index in [1.165, 1.54) is 11.3 Å². The van der Waals surface area contributed by atoms with Crippen LogP contribution in [0.25, 0.3) is 16.6 Å². The number of thiazole rings is 1. The summed E-state index contributed by atoms with van der Waals surface area (Å²) in [5.74, 6) is -0.118. The van der Waals surface area contributed by atoms with E-state index in [9.17, 15) is 4.79 Å². The summed E-state index contributed by atoms with van der Waals surface area (Å²) in [7, 11) is 0. The fourth-order valence-corrected chi connectivity index (χ4v) is 3.32. The molecule has 1 aliphatic heterocycles. The highest BCUT2D eigenvalue weighted by Crippen LogP contribution is 2.34. The fourth-order valence-electron chi connectivity index (χ4n) is 2.32. The van der Waals surface area contributed by atoms with E-state index in [0.29, 0.717) is 10.7 Å². The van der Waals surface area contributed by atoms with Gasteiger partial charge in [0, 0.05) is 22.8 Å². The lowest BCUT2D eigenvalue weighted by Crippen LogP contribution is -2.03. The molecular weight excluding hydrogens is 294 g/mol. The van der Waals surface area contributed by atoms with Gasteiger partial charge in [0.25, 0.3) is 5.91 Å². The van der Waals surface area contributed by atoms with Gasteiger partial charge >= 0.3 is 0 Å². The number of halogens is 1. The molecule has 1 N–H and O–H groups in total. The minimum Gasteiger partial charge on any atom is -0.321 e. The number of hydrogen-bond donors (Lipinski definition) is 1. The Balaban J connectivity index is 1.94. The Bertz CT molecular complexity index is 878. The van der Waals surface area contributed by atoms with Crippen molar-refractivity contribution in [3.63, 3.8) is 0 Å². The molecule has 0 saturated carbocycles. The predicted octanol–water partition coefficient (Wildman–Crippen LogP) is 3.54. The molecule has 4 nitrogen and oxygen atoms in total. The molecule has 98 valence electrons. The minimum atomic E-state index is -0.118. The third-order valence-corrected chi connectivity index (χ3v) is 4.28. The fraction of sp³-hybridized carbons (Fsp3) is 0. The Hall–Kier alpha value is -2.11. The molecule has 2 aromatic heterocycles. The molecule has 4 rings (SSSR count). The topological polar surface area (TPSA) is 46.4 Å². The molecule has 3 aromatic rings. The van der Waals surface area contributed by atoms with Crippen LogP contribution in [0.4, 0.5) is 5.69 Å². The van der Waals surface area contributed by atoms with E-state index in [-0.39, 0.29) is 5.91 Å². The van der Waals surface area contributed by atoms with Gasteiger partial charge in [-0.05, 0) is 12.1 Å². The summed E-state index contributed by atoms with van der Waals surface area (Å²) in [5, 5.41) is 5.18. The van der Waals surface area contributed by atoms with Crippen LogP contribution in [0, 0.1) is 0 Å². The van der Waals surface area contributed by atoms with Gasteiger partial charge in [-0.1, -0.05) is 29.8 Å². The van der Waals surface area contributed by atoms with Crippen molar-refractivity contribution in [1.29, 1.82) is 0 Å². The first-order valence-electron chi connectivity index (χ1n) is 5.97. The van der Waals surface area contributed by atoms with E-state index in [0.717, 1.165) is 21.9 Å². The molecule has 1 aromatic carbocycles. The number of rotatable bonds is 1. The van der Waals surface area contributed by atoms with Gasteiger partial charge in [0.15, 0.2) is 10.1 Å². The quantitative estimate of drug-likeness (QED) is 0.699. The van der Waals surface area contributed by atoms with Crippen LogP contribution in [-0.4, -0.2) is 15.3 Å². The number of aromatic nitrogens is 2. The molecule has 0 fully saturated rings. The number of carbonyl (C=O) groups excluding carboxylic acids is 1. The van der Waals surface area contributed by atoms with Crippen LogP contribution in [0.15, 0.2) is 35.8 Å². The number of benzene rings is 1. The summed E-state index contributed by atoms with van der Waals surface area (Å²) in [4.78, 5) is 17.2. The van der Waals surface area contributed by atoms with Gasteiger partial charge in [0.2, 0.25) is 0 Å². The molecule has 0 atom stereocenters. The third-order valence-electron chi connectivity index (χ3n) is 3.25. The normalized spacial score (nSPS) is 15.8. The first-order valence-corrected chi connectivity index (χ1v) is 7.23. The number of para-hydroxylation sites is 1. The lowest BCUT2D eigenvalue weighted by molar-refractivity contribution is -0.110. The van der Waals surface area contributed by atoms with Crippen molar-refractivity contribution in [2.75, 3.05) is 5.32 Å². The monoisotopic (exact) mass is 301 g/mol. The SMILES string of the molecule is O=C1Nc2ccccc2/C1=C\c1c(Cl)nc2sccn12. The molecule has 1 amide bonds. The Morgan fingerprint density at radius 2 is 2.20 bits per heavy atom. The van der Waals surface area contributed by atoms with E-state index in [2.05, 4.69) is 10.3 Å². The molecule has 20 heavy (non-hydrogen) atoms. The molecule has 6 heteroatoms. The zero-order valence-electron chi connectivity index (χ0n) is 10.1. The Kier molecular flexibility index (Phi) is 2.45. The predicted molar refractivity (Wildman–Crippen MR) is 81.0 cm³/mol. The van der Waals surface area contributed by atoms with E-state index in [1.807, 2.05) is 40.2 Å². The zero-order chi connectivity index (χ0) is 13.7. The summed E-state index contributed by atoms with van der Waals surface area (Å²) in [6.45, 7) is 0. The number of nitrogens with one attached hydrogen (secondary N) is 1. The first-order chi connectivity index (χ1) is 9.74. The maximum atomic E-state index is 12.1.